The van der Waals surface area contributed by atoms with Gasteiger partial charge in [-0.15, -0.1) is 0 Å². The normalized spacial score (nSPS) is 23.1. The second-order valence-electron chi connectivity index (χ2n) is 10.7. The maximum absolute atomic E-state index is 14.4. The number of fused-ring (bicyclic) bond motifs is 1. The van der Waals surface area contributed by atoms with E-state index < -0.39 is 48.2 Å². The molecule has 2 aliphatic heterocycles. The number of aliphatic hydroxyl groups is 1. The lowest BCUT2D eigenvalue weighted by Crippen LogP contribution is -2.63. The molecule has 0 radical (unpaired) electrons. The molecule has 3 aromatic carbocycles. The van der Waals surface area contributed by atoms with Gasteiger partial charge in [-0.05, 0) is 23.7 Å². The van der Waals surface area contributed by atoms with Crippen LogP contribution in [-0.2, 0) is 23.7 Å². The highest BCUT2D eigenvalue weighted by molar-refractivity contribution is 6.68. The summed E-state index contributed by atoms with van der Waals surface area (Å²) >= 11 is 6.11. The van der Waals surface area contributed by atoms with E-state index in [2.05, 4.69) is 0 Å². The molecular weight excluding hydrogens is 668 g/mol. The van der Waals surface area contributed by atoms with E-state index in [9.17, 15) is 14.7 Å². The first-order valence-electron chi connectivity index (χ1n) is 14.9. The number of rotatable bonds is 12. The van der Waals surface area contributed by atoms with Gasteiger partial charge in [-0.1, -0.05) is 30.3 Å². The maximum Gasteiger partial charge on any atom is 0.339 e. The Balaban J connectivity index is 1.64. The molecule has 5 rings (SSSR count). The van der Waals surface area contributed by atoms with Crippen LogP contribution >= 0.6 is 11.6 Å². The lowest BCUT2D eigenvalue weighted by atomic mass is 9.91. The fourth-order valence-corrected chi connectivity index (χ4v) is 6.12. The number of methoxy groups -OCH3 is 7. The minimum atomic E-state index is -1.43. The molecule has 3 aromatic rings. The number of hydrogen-bond donors (Lipinski definition) is 1. The van der Waals surface area contributed by atoms with E-state index in [-0.39, 0.29) is 63.4 Å². The van der Waals surface area contributed by atoms with Crippen LogP contribution < -0.4 is 28.4 Å². The summed E-state index contributed by atoms with van der Waals surface area (Å²) in [7, 11) is 9.48. The van der Waals surface area contributed by atoms with Crippen LogP contribution in [-0.4, -0.2) is 103 Å². The van der Waals surface area contributed by atoms with Gasteiger partial charge in [0.1, 0.15) is 18.3 Å². The van der Waals surface area contributed by atoms with E-state index in [1.165, 1.54) is 61.9 Å². The molecule has 14 nitrogen and oxygen atoms in total. The Morgan fingerprint density at radius 3 is 1.82 bits per heavy atom. The van der Waals surface area contributed by atoms with Crippen LogP contribution in [0.1, 0.15) is 32.6 Å². The molecule has 0 amide bonds. The minimum Gasteiger partial charge on any atom is -0.493 e. The molecular formula is C34H37ClO14. The summed E-state index contributed by atoms with van der Waals surface area (Å²) in [4.78, 5) is 27.3. The standard InChI is InChI=1S/C34H37ClO14/c1-39-19-13-17(31(35)37)22(28(43-5)26(19)41-3)23-18(14-20(40-2)27(42-4)29(23)44-6)32(38)48-30-24(36)25-21(47-34(30)45-7)15-46-33(49-25)16-11-9-8-10-12-16/h8-14,21,24-25,30,33-34,36H,15H2,1-7H3/t21-,24+,25-,30-,33-,34+/m1/s1. The number of aliphatic hydroxyl groups excluding tert-OH is 1. The molecule has 15 heteroatoms. The van der Waals surface area contributed by atoms with Crippen molar-refractivity contribution in [2.75, 3.05) is 56.4 Å². The molecule has 2 fully saturated rings. The van der Waals surface area contributed by atoms with Gasteiger partial charge in [0.25, 0.3) is 5.24 Å². The van der Waals surface area contributed by atoms with E-state index in [4.69, 9.17) is 63.7 Å². The van der Waals surface area contributed by atoms with Crippen LogP contribution in [0.4, 0.5) is 0 Å². The number of esters is 1. The predicted molar refractivity (Wildman–Crippen MR) is 172 cm³/mol. The van der Waals surface area contributed by atoms with Crippen molar-refractivity contribution in [2.45, 2.75) is 37.0 Å². The Bertz CT molecular complexity index is 1660. The molecule has 0 saturated carbocycles. The number of benzene rings is 3. The average molecular weight is 705 g/mol. The van der Waals surface area contributed by atoms with Crippen molar-refractivity contribution in [3.63, 3.8) is 0 Å². The van der Waals surface area contributed by atoms with Gasteiger partial charge in [0.15, 0.2) is 41.7 Å². The van der Waals surface area contributed by atoms with Crippen LogP contribution in [0, 0.1) is 0 Å². The molecule has 0 aromatic heterocycles. The van der Waals surface area contributed by atoms with E-state index in [0.717, 1.165) is 5.56 Å². The molecule has 49 heavy (non-hydrogen) atoms. The summed E-state index contributed by atoms with van der Waals surface area (Å²) in [6, 6.07) is 11.8. The number of carbonyl (C=O) groups excluding carboxylic acids is 2. The quantitative estimate of drug-likeness (QED) is 0.212. The monoisotopic (exact) mass is 704 g/mol. The lowest BCUT2D eigenvalue weighted by Gasteiger charge is -2.46. The second kappa shape index (κ2) is 15.5. The van der Waals surface area contributed by atoms with Crippen LogP contribution in [0.15, 0.2) is 42.5 Å². The Morgan fingerprint density at radius 2 is 1.31 bits per heavy atom. The zero-order valence-corrected chi connectivity index (χ0v) is 28.6. The summed E-state index contributed by atoms with van der Waals surface area (Å²) in [5, 5.41) is 10.7. The number of hydrogen-bond acceptors (Lipinski definition) is 14. The van der Waals surface area contributed by atoms with Gasteiger partial charge < -0.3 is 57.2 Å². The fraction of sp³-hybridized carbons (Fsp3) is 0.412. The van der Waals surface area contributed by atoms with Crippen LogP contribution in [0.3, 0.4) is 0 Å². The van der Waals surface area contributed by atoms with Crippen molar-refractivity contribution in [2.24, 2.45) is 0 Å². The van der Waals surface area contributed by atoms with Gasteiger partial charge in [0.05, 0.1) is 54.8 Å². The van der Waals surface area contributed by atoms with Crippen molar-refractivity contribution in [3.05, 3.63) is 59.2 Å². The van der Waals surface area contributed by atoms with Crippen LogP contribution in [0.5, 0.6) is 34.5 Å². The zero-order chi connectivity index (χ0) is 35.4. The first-order chi connectivity index (χ1) is 23.7. The topological polar surface area (TPSA) is 156 Å². The van der Waals surface area contributed by atoms with Crippen LogP contribution in [0.25, 0.3) is 11.1 Å². The lowest BCUT2D eigenvalue weighted by molar-refractivity contribution is -0.357. The largest absolute Gasteiger partial charge is 0.493 e. The van der Waals surface area contributed by atoms with E-state index in [1.54, 1.807) is 0 Å². The summed E-state index contributed by atoms with van der Waals surface area (Å²) in [6.45, 7) is 0.0766. The molecule has 0 bridgehead atoms. The summed E-state index contributed by atoms with van der Waals surface area (Å²) in [6.07, 6.45) is -6.55. The molecule has 0 aliphatic carbocycles. The predicted octanol–water partition coefficient (Wildman–Crippen LogP) is 4.16. The molecule has 264 valence electrons. The highest BCUT2D eigenvalue weighted by Crippen LogP contribution is 2.54. The van der Waals surface area contributed by atoms with E-state index in [1.807, 2.05) is 30.3 Å². The Labute approximate surface area is 287 Å². The van der Waals surface area contributed by atoms with Gasteiger partial charge in [0.2, 0.25) is 11.5 Å². The number of halogens is 1. The number of ether oxygens (including phenoxy) is 11. The van der Waals surface area contributed by atoms with Crippen molar-refractivity contribution < 1.29 is 66.8 Å². The van der Waals surface area contributed by atoms with Gasteiger partial charge in [-0.2, -0.15) is 0 Å². The second-order valence-corrected chi connectivity index (χ2v) is 11.1. The zero-order valence-electron chi connectivity index (χ0n) is 27.8. The maximum atomic E-state index is 14.4. The Hall–Kier alpha value is -4.31. The highest BCUT2D eigenvalue weighted by Gasteiger charge is 2.51. The Morgan fingerprint density at radius 1 is 0.755 bits per heavy atom. The van der Waals surface area contributed by atoms with E-state index >= 15 is 0 Å². The van der Waals surface area contributed by atoms with Gasteiger partial charge in [-0.3, -0.25) is 4.79 Å². The highest BCUT2D eigenvalue weighted by atomic mass is 35.5. The third-order valence-corrected chi connectivity index (χ3v) is 8.40. The van der Waals surface area contributed by atoms with Gasteiger partial charge in [-0.25, -0.2) is 4.79 Å². The molecule has 0 spiro atoms. The minimum absolute atomic E-state index is 0.00725. The molecule has 6 atom stereocenters. The summed E-state index contributed by atoms with van der Waals surface area (Å²) < 4.78 is 63.1. The molecule has 2 aliphatic rings. The summed E-state index contributed by atoms with van der Waals surface area (Å²) in [5.41, 5.74) is 0.366. The molecule has 1 N–H and O–H groups in total. The van der Waals surface area contributed by atoms with Crippen LogP contribution in [0.2, 0.25) is 0 Å². The third kappa shape index (κ3) is 6.67. The first kappa shape index (κ1) is 36.0. The Kier molecular flexibility index (Phi) is 11.4. The number of carbonyl (C=O) groups is 2. The molecule has 2 saturated heterocycles. The van der Waals surface area contributed by atoms with Crippen molar-refractivity contribution in [1.29, 1.82) is 0 Å². The van der Waals surface area contributed by atoms with Crippen molar-refractivity contribution in [1.82, 2.24) is 0 Å². The summed E-state index contributed by atoms with van der Waals surface area (Å²) in [5.74, 6) is -0.700. The third-order valence-electron chi connectivity index (χ3n) is 8.20. The SMILES string of the molecule is COc1cc(C(=O)Cl)c(-c2c(C(=O)O[C@H]3[C@@H](OC)O[C@@H]4CO[C@@H](c5ccccc5)O[C@H]4[C@@H]3O)cc(OC)c(OC)c2OC)c(OC)c1OC. The smallest absolute Gasteiger partial charge is 0.339 e. The van der Waals surface area contributed by atoms with Gasteiger partial charge in [0, 0.05) is 29.4 Å². The fourth-order valence-electron chi connectivity index (χ4n) is 5.97. The molecule has 2 heterocycles. The van der Waals surface area contributed by atoms with Gasteiger partial charge >= 0.3 is 5.97 Å². The van der Waals surface area contributed by atoms with Crippen molar-refractivity contribution >= 4 is 22.8 Å². The molecule has 0 unspecified atom stereocenters. The van der Waals surface area contributed by atoms with Crippen molar-refractivity contribution in [3.8, 4) is 45.6 Å². The van der Waals surface area contributed by atoms with E-state index in [0.29, 0.717) is 0 Å². The first-order valence-corrected chi connectivity index (χ1v) is 15.3. The average Bonchev–Trinajstić information content (AvgIpc) is 3.13.